The molecule has 2 N–H and O–H groups in total. The number of aromatic nitrogens is 2. The fourth-order valence-electron chi connectivity index (χ4n) is 2.16. The van der Waals surface area contributed by atoms with Crippen molar-refractivity contribution in [2.45, 2.75) is 6.18 Å². The van der Waals surface area contributed by atoms with Gasteiger partial charge in [-0.05, 0) is 42.0 Å². The number of H-pyrrole nitrogens is 1. The molecule has 3 aromatic rings. The van der Waals surface area contributed by atoms with E-state index in [4.69, 9.17) is 11.6 Å². The highest BCUT2D eigenvalue weighted by Crippen LogP contribution is 2.34. The number of hydrogen-bond acceptors (Lipinski definition) is 2. The zero-order valence-electron chi connectivity index (χ0n) is 11.5. The molecule has 0 aliphatic heterocycles. The summed E-state index contributed by atoms with van der Waals surface area (Å²) in [6.07, 6.45) is -4.37. The van der Waals surface area contributed by atoms with Crippen LogP contribution in [0, 0.1) is 0 Å². The summed E-state index contributed by atoms with van der Waals surface area (Å²) < 4.78 is 37.7. The molecule has 0 aliphatic carbocycles. The SMILES string of the molecule is Oc1ccc(Cl)cc1-c1cc(-c2ccc(C(F)(F)F)cc2)[nH]n1. The summed E-state index contributed by atoms with van der Waals surface area (Å²) in [7, 11) is 0. The van der Waals surface area contributed by atoms with Crippen molar-refractivity contribution in [3.05, 3.63) is 59.1 Å². The number of rotatable bonds is 2. The molecule has 0 aliphatic rings. The van der Waals surface area contributed by atoms with Crippen LogP contribution in [-0.2, 0) is 6.18 Å². The second-order valence-corrected chi connectivity index (χ2v) is 5.34. The molecule has 2 aromatic carbocycles. The highest BCUT2D eigenvalue weighted by Gasteiger charge is 2.30. The molecule has 0 bridgehead atoms. The quantitative estimate of drug-likeness (QED) is 0.681. The molecule has 3 rings (SSSR count). The second kappa shape index (κ2) is 5.62. The van der Waals surface area contributed by atoms with Gasteiger partial charge in [-0.3, -0.25) is 5.10 Å². The molecule has 118 valence electrons. The summed E-state index contributed by atoms with van der Waals surface area (Å²) in [6.45, 7) is 0. The second-order valence-electron chi connectivity index (χ2n) is 4.90. The van der Waals surface area contributed by atoms with Crippen LogP contribution in [-0.4, -0.2) is 15.3 Å². The van der Waals surface area contributed by atoms with E-state index in [1.807, 2.05) is 0 Å². The topological polar surface area (TPSA) is 48.9 Å². The van der Waals surface area contributed by atoms with Crippen LogP contribution < -0.4 is 0 Å². The van der Waals surface area contributed by atoms with E-state index in [9.17, 15) is 18.3 Å². The number of benzene rings is 2. The smallest absolute Gasteiger partial charge is 0.416 e. The van der Waals surface area contributed by atoms with E-state index in [2.05, 4.69) is 10.2 Å². The van der Waals surface area contributed by atoms with Gasteiger partial charge in [0.15, 0.2) is 0 Å². The van der Waals surface area contributed by atoms with Crippen LogP contribution in [0.3, 0.4) is 0 Å². The Morgan fingerprint density at radius 2 is 1.70 bits per heavy atom. The first kappa shape index (κ1) is 15.4. The van der Waals surface area contributed by atoms with Gasteiger partial charge >= 0.3 is 6.18 Å². The summed E-state index contributed by atoms with van der Waals surface area (Å²) in [5.74, 6) is 0.0138. The van der Waals surface area contributed by atoms with Crippen molar-refractivity contribution in [2.75, 3.05) is 0 Å². The van der Waals surface area contributed by atoms with Crippen LogP contribution in [0.1, 0.15) is 5.56 Å². The molecule has 0 atom stereocenters. The molecule has 1 aromatic heterocycles. The molecule has 0 spiro atoms. The van der Waals surface area contributed by atoms with E-state index < -0.39 is 11.7 Å². The molecule has 0 amide bonds. The van der Waals surface area contributed by atoms with Gasteiger partial charge in [-0.1, -0.05) is 23.7 Å². The maximum Gasteiger partial charge on any atom is 0.416 e. The first-order valence-corrected chi connectivity index (χ1v) is 6.94. The Labute approximate surface area is 134 Å². The number of hydrogen-bond donors (Lipinski definition) is 2. The molecular weight excluding hydrogens is 329 g/mol. The van der Waals surface area contributed by atoms with Crippen LogP contribution in [0.2, 0.25) is 5.02 Å². The van der Waals surface area contributed by atoms with Crippen LogP contribution in [0.4, 0.5) is 13.2 Å². The Bertz CT molecular complexity index is 841. The first-order chi connectivity index (χ1) is 10.8. The predicted octanol–water partition coefficient (Wildman–Crippen LogP) is 5.12. The number of nitrogens with one attached hydrogen (secondary N) is 1. The molecule has 3 nitrogen and oxygen atoms in total. The molecule has 0 saturated heterocycles. The van der Waals surface area contributed by atoms with Gasteiger partial charge in [-0.2, -0.15) is 18.3 Å². The third-order valence-corrected chi connectivity index (χ3v) is 3.57. The maximum atomic E-state index is 12.6. The van der Waals surface area contributed by atoms with Crippen LogP contribution >= 0.6 is 11.6 Å². The summed E-state index contributed by atoms with van der Waals surface area (Å²) in [5.41, 5.74) is 1.26. The lowest BCUT2D eigenvalue weighted by atomic mass is 10.1. The maximum absolute atomic E-state index is 12.6. The third-order valence-electron chi connectivity index (χ3n) is 3.34. The van der Waals surface area contributed by atoms with E-state index in [1.54, 1.807) is 18.2 Å². The van der Waals surface area contributed by atoms with E-state index in [0.29, 0.717) is 27.5 Å². The zero-order chi connectivity index (χ0) is 16.6. The van der Waals surface area contributed by atoms with E-state index >= 15 is 0 Å². The fraction of sp³-hybridized carbons (Fsp3) is 0.0625. The highest BCUT2D eigenvalue weighted by atomic mass is 35.5. The van der Waals surface area contributed by atoms with Crippen LogP contribution in [0.15, 0.2) is 48.5 Å². The number of halogens is 4. The van der Waals surface area contributed by atoms with E-state index in [-0.39, 0.29) is 5.75 Å². The lowest BCUT2D eigenvalue weighted by molar-refractivity contribution is -0.137. The van der Waals surface area contributed by atoms with Crippen molar-refractivity contribution in [1.29, 1.82) is 0 Å². The van der Waals surface area contributed by atoms with E-state index in [0.717, 1.165) is 12.1 Å². The van der Waals surface area contributed by atoms with Gasteiger partial charge in [0.2, 0.25) is 0 Å². The third kappa shape index (κ3) is 3.17. The minimum absolute atomic E-state index is 0.0138. The average Bonchev–Trinajstić information content (AvgIpc) is 2.99. The molecular formula is C16H10ClF3N2O. The number of phenols is 1. The van der Waals surface area contributed by atoms with Crippen molar-refractivity contribution < 1.29 is 18.3 Å². The van der Waals surface area contributed by atoms with Gasteiger partial charge in [0.05, 0.1) is 17.0 Å². The molecule has 23 heavy (non-hydrogen) atoms. The monoisotopic (exact) mass is 338 g/mol. The van der Waals surface area contributed by atoms with Crippen LogP contribution in [0.5, 0.6) is 5.75 Å². The van der Waals surface area contributed by atoms with Crippen LogP contribution in [0.25, 0.3) is 22.5 Å². The molecule has 0 unspecified atom stereocenters. The van der Waals surface area contributed by atoms with E-state index in [1.165, 1.54) is 18.2 Å². The Hall–Kier alpha value is -2.47. The van der Waals surface area contributed by atoms with Crippen molar-refractivity contribution in [1.82, 2.24) is 10.2 Å². The Morgan fingerprint density at radius 3 is 2.35 bits per heavy atom. The number of nitrogens with zero attached hydrogens (tertiary/aromatic N) is 1. The molecule has 1 heterocycles. The fourth-order valence-corrected chi connectivity index (χ4v) is 2.33. The molecule has 0 radical (unpaired) electrons. The number of aromatic amines is 1. The predicted molar refractivity (Wildman–Crippen MR) is 81.1 cm³/mol. The molecule has 0 saturated carbocycles. The van der Waals surface area contributed by atoms with Gasteiger partial charge in [-0.15, -0.1) is 0 Å². The Balaban J connectivity index is 1.94. The average molecular weight is 339 g/mol. The lowest BCUT2D eigenvalue weighted by Crippen LogP contribution is -2.03. The minimum atomic E-state index is -4.37. The number of aromatic hydroxyl groups is 1. The van der Waals surface area contributed by atoms with Crippen molar-refractivity contribution in [3.8, 4) is 28.3 Å². The van der Waals surface area contributed by atoms with Gasteiger partial charge in [0.25, 0.3) is 0 Å². The van der Waals surface area contributed by atoms with Gasteiger partial charge < -0.3 is 5.11 Å². The molecule has 7 heteroatoms. The largest absolute Gasteiger partial charge is 0.507 e. The summed E-state index contributed by atoms with van der Waals surface area (Å²) in [4.78, 5) is 0. The van der Waals surface area contributed by atoms with Crippen molar-refractivity contribution in [2.24, 2.45) is 0 Å². The standard InChI is InChI=1S/C16H10ClF3N2O/c17-11-5-6-15(23)12(7-11)14-8-13(21-22-14)9-1-3-10(4-2-9)16(18,19)20/h1-8,23H,(H,21,22). The highest BCUT2D eigenvalue weighted by molar-refractivity contribution is 6.30. The summed E-state index contributed by atoms with van der Waals surface area (Å²) in [6, 6.07) is 10.9. The van der Waals surface area contributed by atoms with Gasteiger partial charge in [0, 0.05) is 10.6 Å². The number of phenolic OH excluding ortho intramolecular Hbond substituents is 1. The first-order valence-electron chi connectivity index (χ1n) is 6.56. The normalized spacial score (nSPS) is 11.7. The zero-order valence-corrected chi connectivity index (χ0v) is 12.3. The minimum Gasteiger partial charge on any atom is -0.507 e. The number of alkyl halides is 3. The summed E-state index contributed by atoms with van der Waals surface area (Å²) in [5, 5.41) is 17.1. The summed E-state index contributed by atoms with van der Waals surface area (Å²) >= 11 is 5.90. The Morgan fingerprint density at radius 1 is 1.00 bits per heavy atom. The van der Waals surface area contributed by atoms with Gasteiger partial charge in [0.1, 0.15) is 5.75 Å². The Kier molecular flexibility index (Phi) is 3.77. The van der Waals surface area contributed by atoms with Crippen molar-refractivity contribution >= 4 is 11.6 Å². The van der Waals surface area contributed by atoms with Crippen molar-refractivity contribution in [3.63, 3.8) is 0 Å². The molecule has 0 fully saturated rings. The van der Waals surface area contributed by atoms with Gasteiger partial charge in [-0.25, -0.2) is 0 Å². The lowest BCUT2D eigenvalue weighted by Gasteiger charge is -2.06.